The second-order valence-corrected chi connectivity index (χ2v) is 5.42. The molecule has 1 saturated heterocycles. The van der Waals surface area contributed by atoms with Crippen molar-refractivity contribution in [3.63, 3.8) is 0 Å². The topological polar surface area (TPSA) is 97.9 Å². The Kier molecular flexibility index (Phi) is 4.50. The van der Waals surface area contributed by atoms with Gasteiger partial charge in [0, 0.05) is 12.8 Å². The summed E-state index contributed by atoms with van der Waals surface area (Å²) in [6.45, 7) is 3.47. The van der Waals surface area contributed by atoms with Crippen LogP contribution in [0.3, 0.4) is 0 Å². The van der Waals surface area contributed by atoms with Crippen molar-refractivity contribution >= 4 is 5.82 Å². The summed E-state index contributed by atoms with van der Waals surface area (Å²) >= 11 is 0. The molecule has 120 valence electrons. The van der Waals surface area contributed by atoms with Gasteiger partial charge >= 0.3 is 0 Å². The fourth-order valence-corrected chi connectivity index (χ4v) is 2.56. The Morgan fingerprint density at radius 3 is 3.13 bits per heavy atom. The maximum absolute atomic E-state index is 8.99. The molecule has 0 amide bonds. The van der Waals surface area contributed by atoms with Crippen LogP contribution in [-0.4, -0.2) is 46.4 Å². The highest BCUT2D eigenvalue weighted by molar-refractivity contribution is 5.44. The quantitative estimate of drug-likeness (QED) is 0.880. The van der Waals surface area contributed by atoms with Gasteiger partial charge in [-0.25, -0.2) is 9.67 Å². The Balaban J connectivity index is 1.66. The number of anilines is 1. The summed E-state index contributed by atoms with van der Waals surface area (Å²) in [5.74, 6) is 0.648. The molecule has 2 atom stereocenters. The number of rotatable bonds is 5. The fraction of sp³-hybridized carbons (Fsp3) is 0.467. The molecule has 2 aromatic rings. The molecule has 1 N–H and O–H groups in total. The van der Waals surface area contributed by atoms with Gasteiger partial charge in [-0.15, -0.1) is 5.10 Å². The molecule has 0 radical (unpaired) electrons. The summed E-state index contributed by atoms with van der Waals surface area (Å²) in [7, 11) is 1.67. The molecule has 8 heteroatoms. The number of nitriles is 1. The van der Waals surface area contributed by atoms with Gasteiger partial charge in [-0.3, -0.25) is 0 Å². The van der Waals surface area contributed by atoms with Crippen LogP contribution >= 0.6 is 0 Å². The Hall–Kier alpha value is -2.50. The van der Waals surface area contributed by atoms with Crippen LogP contribution in [0.5, 0.6) is 0 Å². The van der Waals surface area contributed by atoms with Crippen molar-refractivity contribution in [2.75, 3.05) is 25.6 Å². The van der Waals surface area contributed by atoms with Gasteiger partial charge in [0.05, 0.1) is 37.6 Å². The van der Waals surface area contributed by atoms with Crippen molar-refractivity contribution in [1.82, 2.24) is 20.0 Å². The van der Waals surface area contributed by atoms with E-state index in [9.17, 15) is 0 Å². The van der Waals surface area contributed by atoms with E-state index < -0.39 is 0 Å². The number of ether oxygens (including phenoxy) is 2. The normalized spacial score (nSPS) is 20.4. The van der Waals surface area contributed by atoms with E-state index in [1.54, 1.807) is 23.9 Å². The second kappa shape index (κ2) is 6.73. The standard InChI is InChI=1S/C15H18N6O2/c1-10-3-11(5-16)4-15(18-10)17-6-12-7-21(20-19-12)13-8-23-9-14(13)22-2/h3-4,7,13-14H,6,8-9H2,1-2H3,(H,17,18)/t13-,14-/m1/s1. The molecule has 1 aliphatic rings. The van der Waals surface area contributed by atoms with Gasteiger partial charge in [0.1, 0.15) is 23.7 Å². The first-order valence-electron chi connectivity index (χ1n) is 7.33. The maximum Gasteiger partial charge on any atom is 0.127 e. The van der Waals surface area contributed by atoms with Crippen LogP contribution in [0.15, 0.2) is 18.3 Å². The van der Waals surface area contributed by atoms with Gasteiger partial charge in [-0.05, 0) is 19.1 Å². The van der Waals surface area contributed by atoms with E-state index in [2.05, 4.69) is 26.7 Å². The third-order valence-electron chi connectivity index (χ3n) is 3.73. The zero-order valence-electron chi connectivity index (χ0n) is 13.1. The van der Waals surface area contributed by atoms with E-state index in [0.717, 1.165) is 11.4 Å². The molecular weight excluding hydrogens is 296 g/mol. The van der Waals surface area contributed by atoms with Gasteiger partial charge in [-0.1, -0.05) is 5.21 Å². The lowest BCUT2D eigenvalue weighted by Crippen LogP contribution is -2.24. The molecule has 1 aliphatic heterocycles. The zero-order chi connectivity index (χ0) is 16.2. The van der Waals surface area contributed by atoms with Crippen molar-refractivity contribution < 1.29 is 9.47 Å². The molecule has 0 aromatic carbocycles. The zero-order valence-corrected chi connectivity index (χ0v) is 13.1. The van der Waals surface area contributed by atoms with E-state index >= 15 is 0 Å². The molecule has 1 fully saturated rings. The van der Waals surface area contributed by atoms with Gasteiger partial charge in [0.25, 0.3) is 0 Å². The molecule has 0 saturated carbocycles. The first-order valence-corrected chi connectivity index (χ1v) is 7.33. The second-order valence-electron chi connectivity index (χ2n) is 5.42. The minimum atomic E-state index is -0.00543. The smallest absolute Gasteiger partial charge is 0.127 e. The average molecular weight is 314 g/mol. The van der Waals surface area contributed by atoms with Crippen LogP contribution in [0.1, 0.15) is 23.0 Å². The van der Waals surface area contributed by atoms with Crippen molar-refractivity contribution in [3.8, 4) is 6.07 Å². The Bertz CT molecular complexity index is 723. The summed E-state index contributed by atoms with van der Waals surface area (Å²) in [5, 5.41) is 20.5. The lowest BCUT2D eigenvalue weighted by molar-refractivity contribution is 0.0661. The van der Waals surface area contributed by atoms with E-state index in [4.69, 9.17) is 14.7 Å². The van der Waals surface area contributed by atoms with Gasteiger partial charge in [0.15, 0.2) is 0 Å². The van der Waals surface area contributed by atoms with E-state index in [1.807, 2.05) is 13.1 Å². The van der Waals surface area contributed by atoms with Gasteiger partial charge in [0.2, 0.25) is 0 Å². The monoisotopic (exact) mass is 314 g/mol. The summed E-state index contributed by atoms with van der Waals surface area (Å²) in [6.07, 6.45) is 1.87. The summed E-state index contributed by atoms with van der Waals surface area (Å²) in [4.78, 5) is 4.35. The average Bonchev–Trinajstić information content (AvgIpc) is 3.20. The van der Waals surface area contributed by atoms with Crippen molar-refractivity contribution in [2.24, 2.45) is 0 Å². The van der Waals surface area contributed by atoms with E-state index in [1.165, 1.54) is 0 Å². The number of nitrogens with one attached hydrogen (secondary N) is 1. The highest BCUT2D eigenvalue weighted by atomic mass is 16.5. The molecule has 0 unspecified atom stereocenters. The predicted molar refractivity (Wildman–Crippen MR) is 81.7 cm³/mol. The third kappa shape index (κ3) is 3.47. The molecular formula is C15H18N6O2. The van der Waals surface area contributed by atoms with Crippen molar-refractivity contribution in [3.05, 3.63) is 35.3 Å². The third-order valence-corrected chi connectivity index (χ3v) is 3.73. The number of aromatic nitrogens is 4. The van der Waals surface area contributed by atoms with Crippen LogP contribution in [0.4, 0.5) is 5.82 Å². The van der Waals surface area contributed by atoms with Crippen LogP contribution < -0.4 is 5.32 Å². The van der Waals surface area contributed by atoms with Crippen LogP contribution in [0.25, 0.3) is 0 Å². The highest BCUT2D eigenvalue weighted by Crippen LogP contribution is 2.21. The molecule has 23 heavy (non-hydrogen) atoms. The number of methoxy groups -OCH3 is 1. The maximum atomic E-state index is 8.99. The molecule has 3 heterocycles. The Morgan fingerprint density at radius 2 is 2.35 bits per heavy atom. The SMILES string of the molecule is CO[C@@H]1COC[C@H]1n1cc(CNc2cc(C#N)cc(C)n2)nn1. The number of pyridine rings is 1. The molecule has 0 aliphatic carbocycles. The molecule has 3 rings (SSSR count). The largest absolute Gasteiger partial charge is 0.377 e. The van der Waals surface area contributed by atoms with Crippen LogP contribution in [0.2, 0.25) is 0 Å². The molecule has 2 aromatic heterocycles. The lowest BCUT2D eigenvalue weighted by atomic mass is 10.2. The molecule has 8 nitrogen and oxygen atoms in total. The Morgan fingerprint density at radius 1 is 1.48 bits per heavy atom. The van der Waals surface area contributed by atoms with Gasteiger partial charge < -0.3 is 14.8 Å². The number of hydrogen-bond donors (Lipinski definition) is 1. The van der Waals surface area contributed by atoms with Gasteiger partial charge in [-0.2, -0.15) is 5.26 Å². The van der Waals surface area contributed by atoms with Crippen LogP contribution in [-0.2, 0) is 16.0 Å². The lowest BCUT2D eigenvalue weighted by Gasteiger charge is -2.15. The fourth-order valence-electron chi connectivity index (χ4n) is 2.56. The highest BCUT2D eigenvalue weighted by Gasteiger charge is 2.30. The van der Waals surface area contributed by atoms with Crippen molar-refractivity contribution in [1.29, 1.82) is 5.26 Å². The van der Waals surface area contributed by atoms with Crippen LogP contribution in [0, 0.1) is 18.3 Å². The predicted octanol–water partition coefficient (Wildman–Crippen LogP) is 1.05. The molecule has 0 bridgehead atoms. The van der Waals surface area contributed by atoms with E-state index in [0.29, 0.717) is 31.1 Å². The summed E-state index contributed by atoms with van der Waals surface area (Å²) in [6, 6.07) is 5.62. The first kappa shape index (κ1) is 15.4. The number of aryl methyl sites for hydroxylation is 1. The van der Waals surface area contributed by atoms with E-state index in [-0.39, 0.29) is 12.1 Å². The minimum Gasteiger partial charge on any atom is -0.377 e. The number of nitrogens with zero attached hydrogens (tertiary/aromatic N) is 5. The Labute approximate surface area is 134 Å². The summed E-state index contributed by atoms with van der Waals surface area (Å²) in [5.41, 5.74) is 2.16. The minimum absolute atomic E-state index is 0.00543. The molecule has 0 spiro atoms. The number of hydrogen-bond acceptors (Lipinski definition) is 7. The van der Waals surface area contributed by atoms with Crippen molar-refractivity contribution in [2.45, 2.75) is 25.6 Å². The first-order chi connectivity index (χ1) is 11.2. The summed E-state index contributed by atoms with van der Waals surface area (Å²) < 4.78 is 12.6.